The molecule has 0 aliphatic carbocycles. The molecule has 0 aromatic carbocycles. The van der Waals surface area contributed by atoms with Crippen molar-refractivity contribution in [3.05, 3.63) is 29.0 Å². The van der Waals surface area contributed by atoms with Crippen LogP contribution in [0.15, 0.2) is 29.0 Å². The summed E-state index contributed by atoms with van der Waals surface area (Å²) in [7, 11) is 0. The van der Waals surface area contributed by atoms with Crippen LogP contribution >= 0.6 is 15.9 Å². The van der Waals surface area contributed by atoms with Crippen molar-refractivity contribution in [1.29, 1.82) is 0 Å². The smallest absolute Gasteiger partial charge is 0.293 e. The van der Waals surface area contributed by atoms with E-state index in [0.717, 1.165) is 15.6 Å². The predicted molar refractivity (Wildman–Crippen MR) is 61.5 cm³/mol. The average molecular weight is 271 g/mol. The number of halogens is 1. The second-order valence-corrected chi connectivity index (χ2v) is 3.41. The Morgan fingerprint density at radius 1 is 1.53 bits per heavy atom. The van der Waals surface area contributed by atoms with Crippen LogP contribution in [-0.2, 0) is 9.53 Å². The fourth-order valence-electron chi connectivity index (χ4n) is 0.975. The minimum Gasteiger partial charge on any atom is -0.468 e. The van der Waals surface area contributed by atoms with Crippen molar-refractivity contribution in [2.75, 3.05) is 6.61 Å². The summed E-state index contributed by atoms with van der Waals surface area (Å²) in [6, 6.07) is 5.94. The SMILES string of the molecule is Brc1ccc2cc[nH]c2n1.CCOC=O. The van der Waals surface area contributed by atoms with Crippen molar-refractivity contribution < 1.29 is 9.53 Å². The van der Waals surface area contributed by atoms with Crippen molar-refractivity contribution in [1.82, 2.24) is 9.97 Å². The molecule has 0 unspecified atom stereocenters. The first kappa shape index (κ1) is 11.7. The van der Waals surface area contributed by atoms with E-state index in [0.29, 0.717) is 13.1 Å². The number of fused-ring (bicyclic) bond motifs is 1. The highest BCUT2D eigenvalue weighted by molar-refractivity contribution is 9.10. The number of rotatable bonds is 2. The lowest BCUT2D eigenvalue weighted by atomic mass is 10.3. The molecule has 0 saturated carbocycles. The van der Waals surface area contributed by atoms with Crippen LogP contribution < -0.4 is 0 Å². The number of pyridine rings is 1. The van der Waals surface area contributed by atoms with Gasteiger partial charge in [0, 0.05) is 11.6 Å². The van der Waals surface area contributed by atoms with Crippen LogP contribution in [0.5, 0.6) is 0 Å². The minimum atomic E-state index is 0.431. The summed E-state index contributed by atoms with van der Waals surface area (Å²) < 4.78 is 5.02. The third kappa shape index (κ3) is 3.71. The lowest BCUT2D eigenvalue weighted by molar-refractivity contribution is -0.128. The number of H-pyrrole nitrogens is 1. The summed E-state index contributed by atoms with van der Waals surface area (Å²) in [6.07, 6.45) is 1.88. The number of aromatic nitrogens is 2. The first-order valence-electron chi connectivity index (χ1n) is 4.42. The van der Waals surface area contributed by atoms with Gasteiger partial charge in [-0.1, -0.05) is 0 Å². The van der Waals surface area contributed by atoms with Crippen LogP contribution in [0.3, 0.4) is 0 Å². The van der Waals surface area contributed by atoms with Gasteiger partial charge in [-0.05, 0) is 41.1 Å². The van der Waals surface area contributed by atoms with Gasteiger partial charge in [-0.25, -0.2) is 4.98 Å². The van der Waals surface area contributed by atoms with Crippen LogP contribution in [0.2, 0.25) is 0 Å². The largest absolute Gasteiger partial charge is 0.468 e. The van der Waals surface area contributed by atoms with E-state index in [1.165, 1.54) is 0 Å². The van der Waals surface area contributed by atoms with Gasteiger partial charge >= 0.3 is 0 Å². The molecule has 0 atom stereocenters. The number of nitrogens with zero attached hydrogens (tertiary/aromatic N) is 1. The molecule has 15 heavy (non-hydrogen) atoms. The monoisotopic (exact) mass is 270 g/mol. The maximum atomic E-state index is 9.18. The van der Waals surface area contributed by atoms with Gasteiger partial charge in [0.15, 0.2) is 0 Å². The van der Waals surface area contributed by atoms with Gasteiger partial charge in [-0.2, -0.15) is 0 Å². The molecule has 0 saturated heterocycles. The Kier molecular flexibility index (Phi) is 4.83. The Hall–Kier alpha value is -1.36. The molecule has 1 N–H and O–H groups in total. The fourth-order valence-corrected chi connectivity index (χ4v) is 1.28. The first-order chi connectivity index (χ1) is 7.27. The second kappa shape index (κ2) is 6.19. The highest BCUT2D eigenvalue weighted by atomic mass is 79.9. The Bertz CT molecular complexity index is 428. The summed E-state index contributed by atoms with van der Waals surface area (Å²) in [5, 5.41) is 1.14. The normalized spacial score (nSPS) is 9.20. The molecule has 2 aromatic rings. The fraction of sp³-hybridized carbons (Fsp3) is 0.200. The van der Waals surface area contributed by atoms with E-state index in [4.69, 9.17) is 0 Å². The van der Waals surface area contributed by atoms with Crippen LogP contribution in [0.4, 0.5) is 0 Å². The van der Waals surface area contributed by atoms with Gasteiger partial charge < -0.3 is 9.72 Å². The Morgan fingerprint density at radius 3 is 2.93 bits per heavy atom. The van der Waals surface area contributed by atoms with E-state index in [1.807, 2.05) is 24.4 Å². The van der Waals surface area contributed by atoms with Crippen molar-refractivity contribution >= 4 is 33.4 Å². The van der Waals surface area contributed by atoms with Crippen molar-refractivity contribution in [3.8, 4) is 0 Å². The average Bonchev–Trinajstić information content (AvgIpc) is 2.67. The number of aromatic amines is 1. The van der Waals surface area contributed by atoms with Crippen LogP contribution in [0, 0.1) is 0 Å². The zero-order valence-corrected chi connectivity index (χ0v) is 9.82. The Morgan fingerprint density at radius 2 is 2.33 bits per heavy atom. The van der Waals surface area contributed by atoms with E-state index < -0.39 is 0 Å². The molecular weight excluding hydrogens is 260 g/mol. The van der Waals surface area contributed by atoms with Crippen LogP contribution in [0.1, 0.15) is 6.92 Å². The van der Waals surface area contributed by atoms with Gasteiger partial charge in [-0.3, -0.25) is 4.79 Å². The number of carbonyl (C=O) groups is 1. The highest BCUT2D eigenvalue weighted by Crippen LogP contribution is 2.13. The third-order valence-corrected chi connectivity index (χ3v) is 2.05. The minimum absolute atomic E-state index is 0.431. The molecule has 2 rings (SSSR count). The van der Waals surface area contributed by atoms with E-state index in [2.05, 4.69) is 30.6 Å². The molecule has 0 spiro atoms. The van der Waals surface area contributed by atoms with Gasteiger partial charge in [0.25, 0.3) is 6.47 Å². The van der Waals surface area contributed by atoms with E-state index in [9.17, 15) is 4.79 Å². The first-order valence-corrected chi connectivity index (χ1v) is 5.22. The topological polar surface area (TPSA) is 55.0 Å². The molecule has 80 valence electrons. The van der Waals surface area contributed by atoms with E-state index in [-0.39, 0.29) is 0 Å². The quantitative estimate of drug-likeness (QED) is 0.674. The molecule has 5 heteroatoms. The maximum Gasteiger partial charge on any atom is 0.293 e. The zero-order chi connectivity index (χ0) is 11.1. The molecule has 2 heterocycles. The number of carbonyl (C=O) groups excluding carboxylic acids is 1. The number of nitrogens with one attached hydrogen (secondary N) is 1. The third-order valence-electron chi connectivity index (χ3n) is 1.61. The van der Waals surface area contributed by atoms with E-state index >= 15 is 0 Å². The lowest BCUT2D eigenvalue weighted by Crippen LogP contribution is -1.80. The molecule has 0 aliphatic heterocycles. The summed E-state index contributed by atoms with van der Waals surface area (Å²) >= 11 is 3.29. The number of ether oxygens (including phenoxy) is 1. The molecule has 2 aromatic heterocycles. The van der Waals surface area contributed by atoms with Crippen molar-refractivity contribution in [3.63, 3.8) is 0 Å². The number of hydrogen-bond donors (Lipinski definition) is 1. The Labute approximate surface area is 95.8 Å². The number of hydrogen-bond acceptors (Lipinski definition) is 3. The summed E-state index contributed by atoms with van der Waals surface area (Å²) in [6.45, 7) is 2.66. The summed E-state index contributed by atoms with van der Waals surface area (Å²) in [4.78, 5) is 16.4. The molecule has 0 bridgehead atoms. The van der Waals surface area contributed by atoms with Crippen molar-refractivity contribution in [2.24, 2.45) is 0 Å². The van der Waals surface area contributed by atoms with Crippen LogP contribution in [0.25, 0.3) is 11.0 Å². The van der Waals surface area contributed by atoms with Crippen LogP contribution in [-0.4, -0.2) is 23.0 Å². The van der Waals surface area contributed by atoms with Crippen molar-refractivity contribution in [2.45, 2.75) is 6.92 Å². The molecule has 0 aliphatic rings. The van der Waals surface area contributed by atoms with Gasteiger partial charge in [0.05, 0.1) is 6.61 Å². The maximum absolute atomic E-state index is 9.18. The molecule has 0 radical (unpaired) electrons. The molecule has 0 amide bonds. The molecule has 0 fully saturated rings. The van der Waals surface area contributed by atoms with Gasteiger partial charge in [0.1, 0.15) is 10.3 Å². The molecular formula is C10H11BrN2O2. The Balaban J connectivity index is 0.000000195. The van der Waals surface area contributed by atoms with Gasteiger partial charge in [-0.15, -0.1) is 0 Å². The standard InChI is InChI=1S/C7H5BrN2.C3H6O2/c8-6-2-1-5-3-4-9-7(5)10-6;1-2-5-3-4/h1-4H,(H,9,10);3H,2H2,1H3. The zero-order valence-electron chi connectivity index (χ0n) is 8.24. The second-order valence-electron chi connectivity index (χ2n) is 2.60. The van der Waals surface area contributed by atoms with Gasteiger partial charge in [0.2, 0.25) is 0 Å². The lowest BCUT2D eigenvalue weighted by Gasteiger charge is -1.88. The summed E-state index contributed by atoms with van der Waals surface area (Å²) in [5.41, 5.74) is 0.925. The predicted octanol–water partition coefficient (Wildman–Crippen LogP) is 2.50. The molecule has 4 nitrogen and oxygen atoms in total. The highest BCUT2D eigenvalue weighted by Gasteiger charge is 1.93. The van der Waals surface area contributed by atoms with E-state index in [1.54, 1.807) is 6.92 Å². The summed E-state index contributed by atoms with van der Waals surface area (Å²) in [5.74, 6) is 0.